The Morgan fingerprint density at radius 1 is 1.17 bits per heavy atom. The molecule has 1 amide bonds. The molecule has 2 fully saturated rings. The highest BCUT2D eigenvalue weighted by Gasteiger charge is 2.35. The summed E-state index contributed by atoms with van der Waals surface area (Å²) < 4.78 is 1.60. The molecule has 1 aromatic heterocycles. The second kappa shape index (κ2) is 5.95. The summed E-state index contributed by atoms with van der Waals surface area (Å²) in [6.07, 6.45) is 9.52. The van der Waals surface area contributed by atoms with E-state index in [0.717, 1.165) is 38.0 Å². The molecule has 0 radical (unpaired) electrons. The first-order valence-electron chi connectivity index (χ1n) is 8.72. The van der Waals surface area contributed by atoms with Crippen LogP contribution in [0, 0.1) is 11.8 Å². The number of rotatable bonds is 4. The number of carbonyl (C=O) groups excluding carboxylic acids is 1. The summed E-state index contributed by atoms with van der Waals surface area (Å²) in [6.45, 7) is 2.16. The van der Waals surface area contributed by atoms with E-state index in [0.29, 0.717) is 18.4 Å². The van der Waals surface area contributed by atoms with Crippen LogP contribution >= 0.6 is 0 Å². The quantitative estimate of drug-likeness (QED) is 0.798. The van der Waals surface area contributed by atoms with Crippen LogP contribution in [-0.4, -0.2) is 33.7 Å². The van der Waals surface area contributed by atoms with Gasteiger partial charge in [0.05, 0.1) is 12.2 Å². The van der Waals surface area contributed by atoms with Crippen molar-refractivity contribution in [1.29, 1.82) is 0 Å². The van der Waals surface area contributed by atoms with Crippen molar-refractivity contribution in [3.05, 3.63) is 40.3 Å². The Kier molecular flexibility index (Phi) is 3.79. The maximum atomic E-state index is 12.4. The predicted molar refractivity (Wildman–Crippen MR) is 87.0 cm³/mol. The highest BCUT2D eigenvalue weighted by molar-refractivity contribution is 5.80. The molecular formula is C18H23N3O2. The lowest BCUT2D eigenvalue weighted by atomic mass is 9.90. The van der Waals surface area contributed by atoms with Gasteiger partial charge in [-0.25, -0.2) is 4.68 Å². The van der Waals surface area contributed by atoms with Crippen LogP contribution in [0.5, 0.6) is 0 Å². The molecule has 0 N–H and O–H groups in total. The van der Waals surface area contributed by atoms with Crippen LogP contribution in [0.1, 0.15) is 43.7 Å². The van der Waals surface area contributed by atoms with Gasteiger partial charge in [0.25, 0.3) is 5.56 Å². The minimum atomic E-state index is -0.0309. The van der Waals surface area contributed by atoms with Crippen molar-refractivity contribution in [3.8, 4) is 0 Å². The average Bonchev–Trinajstić information content (AvgIpc) is 3.37. The molecule has 1 saturated carbocycles. The Hall–Kier alpha value is -1.91. The van der Waals surface area contributed by atoms with Crippen molar-refractivity contribution < 1.29 is 4.79 Å². The van der Waals surface area contributed by atoms with E-state index in [1.54, 1.807) is 10.7 Å². The number of carbonyl (C=O) groups is 1. The van der Waals surface area contributed by atoms with Gasteiger partial charge in [-0.3, -0.25) is 9.59 Å². The number of likely N-dealkylation sites (tertiary alicyclic amines) is 1. The van der Waals surface area contributed by atoms with Crippen molar-refractivity contribution in [2.24, 2.45) is 11.8 Å². The van der Waals surface area contributed by atoms with E-state index in [9.17, 15) is 9.59 Å². The van der Waals surface area contributed by atoms with Gasteiger partial charge in [-0.15, -0.1) is 0 Å². The summed E-state index contributed by atoms with van der Waals surface area (Å²) >= 11 is 0. The van der Waals surface area contributed by atoms with Crippen molar-refractivity contribution in [3.63, 3.8) is 0 Å². The molecule has 2 heterocycles. The van der Waals surface area contributed by atoms with Gasteiger partial charge in [-0.2, -0.15) is 5.10 Å². The van der Waals surface area contributed by atoms with E-state index in [4.69, 9.17) is 0 Å². The number of amides is 1. The van der Waals surface area contributed by atoms with Gasteiger partial charge in [0, 0.05) is 36.9 Å². The lowest BCUT2D eigenvalue weighted by Crippen LogP contribution is -2.54. The third-order valence-electron chi connectivity index (χ3n) is 5.20. The van der Waals surface area contributed by atoms with Crippen LogP contribution in [-0.2, 0) is 11.3 Å². The van der Waals surface area contributed by atoms with Crippen molar-refractivity contribution in [1.82, 2.24) is 14.7 Å². The van der Waals surface area contributed by atoms with Gasteiger partial charge < -0.3 is 4.90 Å². The van der Waals surface area contributed by atoms with E-state index in [-0.39, 0.29) is 17.4 Å². The lowest BCUT2D eigenvalue weighted by molar-refractivity contribution is -0.142. The van der Waals surface area contributed by atoms with Gasteiger partial charge in [0.1, 0.15) is 0 Å². The highest BCUT2D eigenvalue weighted by atomic mass is 16.2. The zero-order valence-corrected chi connectivity index (χ0v) is 13.4. The summed E-state index contributed by atoms with van der Waals surface area (Å²) in [6, 6.07) is 3.50. The van der Waals surface area contributed by atoms with Gasteiger partial charge in [-0.1, -0.05) is 12.2 Å². The van der Waals surface area contributed by atoms with Gasteiger partial charge in [0.15, 0.2) is 0 Å². The largest absolute Gasteiger partial charge is 0.342 e. The molecule has 1 aromatic rings. The van der Waals surface area contributed by atoms with Crippen LogP contribution in [0.15, 0.2) is 29.1 Å². The van der Waals surface area contributed by atoms with E-state index >= 15 is 0 Å². The SMILES string of the molecule is O=C(C1CC=CCC1)N1CC(Cn2nc(C3CC3)ccc2=O)C1. The molecule has 0 aromatic carbocycles. The minimum absolute atomic E-state index is 0.0309. The van der Waals surface area contributed by atoms with E-state index in [1.807, 2.05) is 11.0 Å². The van der Waals surface area contributed by atoms with Crippen molar-refractivity contribution >= 4 is 5.91 Å². The minimum Gasteiger partial charge on any atom is -0.342 e. The van der Waals surface area contributed by atoms with Gasteiger partial charge >= 0.3 is 0 Å². The molecule has 5 heteroatoms. The number of allylic oxidation sites excluding steroid dienone is 2. The molecule has 0 spiro atoms. The van der Waals surface area contributed by atoms with Crippen LogP contribution in [0.4, 0.5) is 0 Å². The maximum Gasteiger partial charge on any atom is 0.266 e. The summed E-state index contributed by atoms with van der Waals surface area (Å²) in [5, 5.41) is 4.51. The van der Waals surface area contributed by atoms with Crippen LogP contribution < -0.4 is 5.56 Å². The second-order valence-electron chi connectivity index (χ2n) is 7.14. The highest BCUT2D eigenvalue weighted by Crippen LogP contribution is 2.38. The zero-order valence-electron chi connectivity index (χ0n) is 13.4. The molecule has 5 nitrogen and oxygen atoms in total. The Morgan fingerprint density at radius 2 is 2.00 bits per heavy atom. The lowest BCUT2D eigenvalue weighted by Gasteiger charge is -2.41. The van der Waals surface area contributed by atoms with E-state index in [2.05, 4.69) is 17.3 Å². The topological polar surface area (TPSA) is 55.2 Å². The molecule has 23 heavy (non-hydrogen) atoms. The fourth-order valence-electron chi connectivity index (χ4n) is 3.58. The molecule has 0 bridgehead atoms. The molecule has 122 valence electrons. The standard InChI is InChI=1S/C18H23N3O2/c22-17-9-8-16(14-6-7-14)19-21(17)12-13-10-20(11-13)18(23)15-4-2-1-3-5-15/h1-2,8-9,13-15H,3-7,10-12H2. The van der Waals surface area contributed by atoms with Crippen LogP contribution in [0.25, 0.3) is 0 Å². The first kappa shape index (κ1) is 14.7. The zero-order chi connectivity index (χ0) is 15.8. The van der Waals surface area contributed by atoms with Gasteiger partial charge in [0.2, 0.25) is 5.91 Å². The third kappa shape index (κ3) is 3.09. The number of aromatic nitrogens is 2. The molecule has 4 rings (SSSR count). The molecular weight excluding hydrogens is 290 g/mol. The van der Waals surface area contributed by atoms with Crippen molar-refractivity contribution in [2.45, 2.75) is 44.6 Å². The predicted octanol–water partition coefficient (Wildman–Crippen LogP) is 1.94. The number of hydrogen-bond acceptors (Lipinski definition) is 3. The monoisotopic (exact) mass is 313 g/mol. The normalized spacial score (nSPS) is 24.5. The Morgan fingerprint density at radius 3 is 2.70 bits per heavy atom. The average molecular weight is 313 g/mol. The Balaban J connectivity index is 1.34. The van der Waals surface area contributed by atoms with Crippen LogP contribution in [0.3, 0.4) is 0 Å². The first-order chi connectivity index (χ1) is 11.2. The third-order valence-corrected chi connectivity index (χ3v) is 5.20. The molecule has 3 aliphatic rings. The molecule has 1 atom stereocenters. The summed E-state index contributed by atoms with van der Waals surface area (Å²) in [7, 11) is 0. The molecule has 1 unspecified atom stereocenters. The molecule has 1 saturated heterocycles. The Bertz CT molecular complexity index is 684. The van der Waals surface area contributed by atoms with E-state index < -0.39 is 0 Å². The summed E-state index contributed by atoms with van der Waals surface area (Å²) in [5.41, 5.74) is 1.02. The number of nitrogens with zero attached hydrogens (tertiary/aromatic N) is 3. The maximum absolute atomic E-state index is 12.4. The first-order valence-corrected chi connectivity index (χ1v) is 8.72. The second-order valence-corrected chi connectivity index (χ2v) is 7.14. The fourth-order valence-corrected chi connectivity index (χ4v) is 3.58. The fraction of sp³-hybridized carbons (Fsp3) is 0.611. The number of hydrogen-bond donors (Lipinski definition) is 0. The molecule has 1 aliphatic heterocycles. The van der Waals surface area contributed by atoms with Crippen LogP contribution in [0.2, 0.25) is 0 Å². The summed E-state index contributed by atoms with van der Waals surface area (Å²) in [4.78, 5) is 26.3. The Labute approximate surface area is 136 Å². The van der Waals surface area contributed by atoms with Crippen molar-refractivity contribution in [2.75, 3.05) is 13.1 Å². The van der Waals surface area contributed by atoms with Gasteiger partial charge in [-0.05, 0) is 38.2 Å². The molecule has 2 aliphatic carbocycles. The smallest absolute Gasteiger partial charge is 0.266 e. The summed E-state index contributed by atoms with van der Waals surface area (Å²) in [5.74, 6) is 1.37. The van der Waals surface area contributed by atoms with E-state index in [1.165, 1.54) is 12.8 Å².